The van der Waals surface area contributed by atoms with E-state index >= 15 is 0 Å². The lowest BCUT2D eigenvalue weighted by molar-refractivity contribution is 0.181. The second-order valence-corrected chi connectivity index (χ2v) is 8.87. The highest BCUT2D eigenvalue weighted by Gasteiger charge is 2.25. The Bertz CT molecular complexity index is 1200. The van der Waals surface area contributed by atoms with Gasteiger partial charge >= 0.3 is 0 Å². The van der Waals surface area contributed by atoms with Crippen LogP contribution < -0.4 is 10.6 Å². The van der Waals surface area contributed by atoms with Gasteiger partial charge < -0.3 is 10.6 Å². The van der Waals surface area contributed by atoms with E-state index < -0.39 is 0 Å². The molecule has 2 N–H and O–H groups in total. The standard InChI is InChI=1S/C24H27N7S/c1-25-24(27-16-23-29-28-22-9-5-6-12-31(22)23)26-15-20(18-7-3-2-4-8-18)30-13-10-21-19(17-30)11-14-32-21/h2-9,11-12,14,20H,10,13,15-17H2,1H3,(H2,25,26,27). The Morgan fingerprint density at radius 1 is 1.09 bits per heavy atom. The van der Waals surface area contributed by atoms with Gasteiger partial charge in [-0.25, -0.2) is 0 Å². The highest BCUT2D eigenvalue weighted by atomic mass is 32.1. The SMILES string of the molecule is CN=C(NCc1nnc2ccccn12)NCC(c1ccccc1)N1CCc2sccc2C1. The second kappa shape index (κ2) is 9.50. The molecule has 0 saturated heterocycles. The van der Waals surface area contributed by atoms with Crippen LogP contribution in [0, 0.1) is 0 Å². The molecule has 0 aliphatic carbocycles. The molecular weight excluding hydrogens is 418 g/mol. The molecule has 4 heterocycles. The van der Waals surface area contributed by atoms with Crippen molar-refractivity contribution in [1.82, 2.24) is 30.1 Å². The van der Waals surface area contributed by atoms with Gasteiger partial charge in [-0.15, -0.1) is 21.5 Å². The Hall–Kier alpha value is -3.23. The third-order valence-electron chi connectivity index (χ3n) is 5.95. The Labute approximate surface area is 191 Å². The Balaban J connectivity index is 1.27. The number of rotatable bonds is 6. The molecule has 3 aromatic heterocycles. The lowest BCUT2D eigenvalue weighted by Crippen LogP contribution is -2.44. The average Bonchev–Trinajstić information content (AvgIpc) is 3.48. The quantitative estimate of drug-likeness (QED) is 0.352. The van der Waals surface area contributed by atoms with Crippen molar-refractivity contribution >= 4 is 22.9 Å². The average molecular weight is 446 g/mol. The van der Waals surface area contributed by atoms with Crippen molar-refractivity contribution < 1.29 is 0 Å². The molecule has 0 saturated carbocycles. The first-order chi connectivity index (χ1) is 15.8. The van der Waals surface area contributed by atoms with E-state index in [0.717, 1.165) is 43.5 Å². The van der Waals surface area contributed by atoms with E-state index in [-0.39, 0.29) is 6.04 Å². The minimum atomic E-state index is 0.261. The predicted molar refractivity (Wildman–Crippen MR) is 129 cm³/mol. The highest BCUT2D eigenvalue weighted by Crippen LogP contribution is 2.30. The summed E-state index contributed by atoms with van der Waals surface area (Å²) in [6.45, 7) is 3.36. The van der Waals surface area contributed by atoms with Crippen LogP contribution in [0.4, 0.5) is 0 Å². The molecule has 1 aromatic carbocycles. The van der Waals surface area contributed by atoms with Gasteiger partial charge in [-0.2, -0.15) is 0 Å². The second-order valence-electron chi connectivity index (χ2n) is 7.87. The lowest BCUT2D eigenvalue weighted by Gasteiger charge is -2.35. The summed E-state index contributed by atoms with van der Waals surface area (Å²) in [4.78, 5) is 8.52. The summed E-state index contributed by atoms with van der Waals surface area (Å²) in [6, 6.07) is 19.2. The number of hydrogen-bond acceptors (Lipinski definition) is 5. The normalized spacial score (nSPS) is 15.5. The molecule has 0 spiro atoms. The zero-order valence-electron chi connectivity index (χ0n) is 18.1. The minimum absolute atomic E-state index is 0.261. The maximum Gasteiger partial charge on any atom is 0.191 e. The number of aliphatic imine (C=N–C) groups is 1. The third kappa shape index (κ3) is 4.37. The van der Waals surface area contributed by atoms with E-state index in [0.29, 0.717) is 6.54 Å². The van der Waals surface area contributed by atoms with Gasteiger partial charge in [-0.05, 0) is 41.1 Å². The van der Waals surface area contributed by atoms with E-state index in [4.69, 9.17) is 0 Å². The molecule has 1 atom stereocenters. The van der Waals surface area contributed by atoms with Crippen LogP contribution in [0.2, 0.25) is 0 Å². The van der Waals surface area contributed by atoms with Crippen molar-refractivity contribution in [3.8, 4) is 0 Å². The summed E-state index contributed by atoms with van der Waals surface area (Å²) in [5.41, 5.74) is 3.62. The maximum atomic E-state index is 4.43. The molecule has 164 valence electrons. The number of guanidine groups is 1. The van der Waals surface area contributed by atoms with E-state index in [1.807, 2.05) is 40.1 Å². The number of thiophene rings is 1. The van der Waals surface area contributed by atoms with Gasteiger partial charge in [0, 0.05) is 37.8 Å². The van der Waals surface area contributed by atoms with Crippen LogP contribution in [0.5, 0.6) is 0 Å². The Kier molecular flexibility index (Phi) is 6.13. The first-order valence-electron chi connectivity index (χ1n) is 10.9. The zero-order valence-corrected chi connectivity index (χ0v) is 18.9. The monoisotopic (exact) mass is 445 g/mol. The number of nitrogens with zero attached hydrogens (tertiary/aromatic N) is 5. The van der Waals surface area contributed by atoms with Crippen molar-refractivity contribution in [1.29, 1.82) is 0 Å². The number of aromatic nitrogens is 3. The molecule has 8 heteroatoms. The van der Waals surface area contributed by atoms with Gasteiger partial charge in [0.15, 0.2) is 17.4 Å². The van der Waals surface area contributed by atoms with E-state index in [1.165, 1.54) is 16.0 Å². The summed E-state index contributed by atoms with van der Waals surface area (Å²) in [5, 5.41) is 17.6. The molecule has 1 aliphatic heterocycles. The van der Waals surface area contributed by atoms with Gasteiger partial charge in [0.25, 0.3) is 0 Å². The fraction of sp³-hybridized carbons (Fsp3) is 0.292. The van der Waals surface area contributed by atoms with Gasteiger partial charge in [0.05, 0.1) is 12.6 Å². The fourth-order valence-electron chi connectivity index (χ4n) is 4.26. The van der Waals surface area contributed by atoms with Gasteiger partial charge in [-0.1, -0.05) is 36.4 Å². The summed E-state index contributed by atoms with van der Waals surface area (Å²) < 4.78 is 1.99. The topological polar surface area (TPSA) is 69.8 Å². The fourth-order valence-corrected chi connectivity index (χ4v) is 5.15. The highest BCUT2D eigenvalue weighted by molar-refractivity contribution is 7.10. The molecule has 4 aromatic rings. The largest absolute Gasteiger partial charge is 0.354 e. The molecule has 0 bridgehead atoms. The number of hydrogen-bond donors (Lipinski definition) is 2. The molecule has 1 aliphatic rings. The van der Waals surface area contributed by atoms with Crippen LogP contribution in [0.15, 0.2) is 71.2 Å². The van der Waals surface area contributed by atoms with Crippen LogP contribution in [0.3, 0.4) is 0 Å². The Morgan fingerprint density at radius 3 is 2.84 bits per heavy atom. The van der Waals surface area contributed by atoms with Crippen LogP contribution in [0.25, 0.3) is 5.65 Å². The molecule has 1 unspecified atom stereocenters. The van der Waals surface area contributed by atoms with E-state index in [2.05, 4.69) is 72.5 Å². The predicted octanol–water partition coefficient (Wildman–Crippen LogP) is 3.26. The Morgan fingerprint density at radius 2 is 1.97 bits per heavy atom. The maximum absolute atomic E-state index is 4.43. The first kappa shape index (κ1) is 20.7. The van der Waals surface area contributed by atoms with E-state index in [1.54, 1.807) is 7.05 Å². The molecule has 5 rings (SSSR count). The lowest BCUT2D eigenvalue weighted by atomic mass is 10.0. The molecule has 0 fully saturated rings. The summed E-state index contributed by atoms with van der Waals surface area (Å²) >= 11 is 1.88. The number of benzene rings is 1. The van der Waals surface area contributed by atoms with Crippen LogP contribution in [-0.2, 0) is 19.5 Å². The van der Waals surface area contributed by atoms with Crippen LogP contribution in [-0.4, -0.2) is 45.6 Å². The molecule has 32 heavy (non-hydrogen) atoms. The summed E-state index contributed by atoms with van der Waals surface area (Å²) in [7, 11) is 1.80. The number of nitrogens with one attached hydrogen (secondary N) is 2. The molecular formula is C24H27N7S. The summed E-state index contributed by atoms with van der Waals surface area (Å²) in [6.07, 6.45) is 3.09. The van der Waals surface area contributed by atoms with Crippen molar-refractivity contribution in [3.63, 3.8) is 0 Å². The van der Waals surface area contributed by atoms with Crippen molar-refractivity contribution in [2.75, 3.05) is 20.1 Å². The third-order valence-corrected chi connectivity index (χ3v) is 6.97. The van der Waals surface area contributed by atoms with Gasteiger partial charge in [0.2, 0.25) is 0 Å². The smallest absolute Gasteiger partial charge is 0.191 e. The number of pyridine rings is 1. The van der Waals surface area contributed by atoms with Gasteiger partial charge in [0.1, 0.15) is 0 Å². The van der Waals surface area contributed by atoms with Crippen LogP contribution >= 0.6 is 11.3 Å². The molecule has 7 nitrogen and oxygen atoms in total. The van der Waals surface area contributed by atoms with Crippen molar-refractivity contribution in [2.45, 2.75) is 25.6 Å². The zero-order chi connectivity index (χ0) is 21.8. The van der Waals surface area contributed by atoms with E-state index in [9.17, 15) is 0 Å². The minimum Gasteiger partial charge on any atom is -0.354 e. The number of fused-ring (bicyclic) bond motifs is 2. The van der Waals surface area contributed by atoms with Crippen molar-refractivity contribution in [2.24, 2.45) is 4.99 Å². The van der Waals surface area contributed by atoms with Crippen LogP contribution in [0.1, 0.15) is 27.9 Å². The molecule has 0 radical (unpaired) electrons. The molecule has 0 amide bonds. The van der Waals surface area contributed by atoms with Crippen molar-refractivity contribution in [3.05, 3.63) is 88.0 Å². The summed E-state index contributed by atoms with van der Waals surface area (Å²) in [5.74, 6) is 1.61. The van der Waals surface area contributed by atoms with Gasteiger partial charge in [-0.3, -0.25) is 14.3 Å². The first-order valence-corrected chi connectivity index (χ1v) is 11.8.